The number of anilines is 2. The second kappa shape index (κ2) is 12.6. The van der Waals surface area contributed by atoms with Gasteiger partial charge in [0.2, 0.25) is 17.7 Å². The summed E-state index contributed by atoms with van der Waals surface area (Å²) in [5.74, 6) is 0.408. The molecule has 1 aromatic heterocycles. The van der Waals surface area contributed by atoms with E-state index in [0.29, 0.717) is 23.0 Å². The molecule has 3 rings (SSSR count). The van der Waals surface area contributed by atoms with E-state index < -0.39 is 0 Å². The van der Waals surface area contributed by atoms with Crippen molar-refractivity contribution in [2.75, 3.05) is 31.0 Å². The zero-order chi connectivity index (χ0) is 24.3. The molecular weight excluding hydrogens is 436 g/mol. The van der Waals surface area contributed by atoms with Crippen molar-refractivity contribution in [3.8, 4) is 11.5 Å². The van der Waals surface area contributed by atoms with Gasteiger partial charge in [-0.3, -0.25) is 19.3 Å². The summed E-state index contributed by atoms with van der Waals surface area (Å²) in [5, 5.41) is 5.71. The van der Waals surface area contributed by atoms with E-state index >= 15 is 0 Å². The Hall–Kier alpha value is -3.62. The largest absolute Gasteiger partial charge is 0.497 e. The van der Waals surface area contributed by atoms with E-state index in [9.17, 15) is 14.4 Å². The van der Waals surface area contributed by atoms with Gasteiger partial charge in [-0.25, -0.2) is 4.98 Å². The molecule has 34 heavy (non-hydrogen) atoms. The topological polar surface area (TPSA) is 110 Å². The van der Waals surface area contributed by atoms with Gasteiger partial charge in [0.05, 0.1) is 19.9 Å². The lowest BCUT2D eigenvalue weighted by atomic mass is 9.95. The van der Waals surface area contributed by atoms with Gasteiger partial charge in [0.1, 0.15) is 23.9 Å². The smallest absolute Gasteiger partial charge is 0.240 e. The fourth-order valence-electron chi connectivity index (χ4n) is 3.98. The van der Waals surface area contributed by atoms with E-state index in [2.05, 4.69) is 15.6 Å². The monoisotopic (exact) mass is 468 g/mol. The minimum absolute atomic E-state index is 0.0531. The van der Waals surface area contributed by atoms with Gasteiger partial charge in [0, 0.05) is 31.1 Å². The Morgan fingerprint density at radius 1 is 1.00 bits per heavy atom. The van der Waals surface area contributed by atoms with Crippen molar-refractivity contribution in [1.82, 2.24) is 10.3 Å². The van der Waals surface area contributed by atoms with Crippen molar-refractivity contribution in [3.05, 3.63) is 42.6 Å². The van der Waals surface area contributed by atoms with Crippen molar-refractivity contribution >= 4 is 29.2 Å². The highest BCUT2D eigenvalue weighted by Gasteiger charge is 2.25. The number of ether oxygens (including phenoxy) is 2. The van der Waals surface area contributed by atoms with Gasteiger partial charge in [0.15, 0.2) is 0 Å². The lowest BCUT2D eigenvalue weighted by molar-refractivity contribution is -0.125. The summed E-state index contributed by atoms with van der Waals surface area (Å²) in [6.07, 6.45) is 6.66. The highest BCUT2D eigenvalue weighted by Crippen LogP contribution is 2.33. The molecule has 0 atom stereocenters. The molecule has 1 saturated carbocycles. The first kappa shape index (κ1) is 25.0. The van der Waals surface area contributed by atoms with Crippen LogP contribution < -0.4 is 25.0 Å². The number of aromatic nitrogens is 1. The van der Waals surface area contributed by atoms with Crippen LogP contribution >= 0.6 is 0 Å². The normalized spacial score (nSPS) is 13.6. The zero-order valence-corrected chi connectivity index (χ0v) is 19.7. The molecule has 1 aliphatic rings. The van der Waals surface area contributed by atoms with Gasteiger partial charge in [-0.15, -0.1) is 0 Å². The number of carbonyl (C=O) groups is 3. The summed E-state index contributed by atoms with van der Waals surface area (Å²) >= 11 is 0. The van der Waals surface area contributed by atoms with Crippen LogP contribution in [0.25, 0.3) is 0 Å². The average Bonchev–Trinajstić information content (AvgIpc) is 2.86. The molecule has 1 aliphatic carbocycles. The molecule has 0 saturated heterocycles. The molecule has 0 aliphatic heterocycles. The van der Waals surface area contributed by atoms with Gasteiger partial charge in [-0.2, -0.15) is 0 Å². The molecule has 3 amide bonds. The van der Waals surface area contributed by atoms with Crippen LogP contribution in [0.5, 0.6) is 11.5 Å². The standard InChI is InChI=1S/C25H32N4O5/c1-33-19-11-12-21(34-2)20(16-19)29(17-24(31)27-18-8-4-3-5-9-18)25(32)14-13-23(30)28-22-10-6-7-15-26-22/h6-7,10-12,15-16,18H,3-5,8-9,13-14,17H2,1-2H3,(H,27,31)(H,26,28,30). The molecule has 182 valence electrons. The maximum absolute atomic E-state index is 13.2. The summed E-state index contributed by atoms with van der Waals surface area (Å²) < 4.78 is 10.8. The molecule has 0 bridgehead atoms. The van der Waals surface area contributed by atoms with Crippen molar-refractivity contribution in [1.29, 1.82) is 0 Å². The fraction of sp³-hybridized carbons (Fsp3) is 0.440. The van der Waals surface area contributed by atoms with Gasteiger partial charge in [-0.1, -0.05) is 25.3 Å². The minimum atomic E-state index is -0.374. The summed E-state index contributed by atoms with van der Waals surface area (Å²) in [5.41, 5.74) is 0.413. The lowest BCUT2D eigenvalue weighted by Crippen LogP contribution is -2.45. The Balaban J connectivity index is 1.73. The fourth-order valence-corrected chi connectivity index (χ4v) is 3.98. The Bertz CT molecular complexity index is 977. The van der Waals surface area contributed by atoms with Crippen LogP contribution in [0.15, 0.2) is 42.6 Å². The summed E-state index contributed by atoms with van der Waals surface area (Å²) in [4.78, 5) is 43.9. The summed E-state index contributed by atoms with van der Waals surface area (Å²) in [6.45, 7) is -0.180. The third-order valence-electron chi connectivity index (χ3n) is 5.75. The van der Waals surface area contributed by atoms with E-state index in [1.165, 1.54) is 25.5 Å². The molecule has 0 radical (unpaired) electrons. The van der Waals surface area contributed by atoms with Crippen molar-refractivity contribution in [3.63, 3.8) is 0 Å². The van der Waals surface area contributed by atoms with E-state index in [1.807, 2.05) is 0 Å². The van der Waals surface area contributed by atoms with E-state index in [1.54, 1.807) is 42.6 Å². The lowest BCUT2D eigenvalue weighted by Gasteiger charge is -2.27. The van der Waals surface area contributed by atoms with Crippen LogP contribution in [0.4, 0.5) is 11.5 Å². The number of amides is 3. The number of methoxy groups -OCH3 is 2. The van der Waals surface area contributed by atoms with Gasteiger partial charge in [-0.05, 0) is 37.1 Å². The Labute approximate surface area is 199 Å². The first-order valence-corrected chi connectivity index (χ1v) is 11.5. The summed E-state index contributed by atoms with van der Waals surface area (Å²) in [7, 11) is 3.02. The summed E-state index contributed by atoms with van der Waals surface area (Å²) in [6, 6.07) is 10.3. The number of rotatable bonds is 10. The first-order chi connectivity index (χ1) is 16.5. The van der Waals surface area contributed by atoms with Crippen LogP contribution in [0, 0.1) is 0 Å². The van der Waals surface area contributed by atoms with Gasteiger partial charge < -0.3 is 20.1 Å². The van der Waals surface area contributed by atoms with E-state index in [4.69, 9.17) is 9.47 Å². The van der Waals surface area contributed by atoms with E-state index in [-0.39, 0.29) is 43.1 Å². The third-order valence-corrected chi connectivity index (χ3v) is 5.75. The molecule has 0 unspecified atom stereocenters. The molecule has 9 nitrogen and oxygen atoms in total. The predicted octanol–water partition coefficient (Wildman–Crippen LogP) is 3.30. The Morgan fingerprint density at radius 2 is 1.79 bits per heavy atom. The molecule has 1 fully saturated rings. The van der Waals surface area contributed by atoms with Crippen LogP contribution in [0.1, 0.15) is 44.9 Å². The quantitative estimate of drug-likeness (QED) is 0.554. The minimum Gasteiger partial charge on any atom is -0.497 e. The highest BCUT2D eigenvalue weighted by molar-refractivity contribution is 6.02. The number of pyridine rings is 1. The molecule has 1 heterocycles. The van der Waals surface area contributed by atoms with Crippen LogP contribution in [-0.4, -0.2) is 49.5 Å². The SMILES string of the molecule is COc1ccc(OC)c(N(CC(=O)NC2CCCCC2)C(=O)CCC(=O)Nc2ccccn2)c1. The number of hydrogen-bond acceptors (Lipinski definition) is 6. The molecule has 2 N–H and O–H groups in total. The van der Waals surface area contributed by atoms with E-state index in [0.717, 1.165) is 25.7 Å². The third kappa shape index (κ3) is 7.19. The highest BCUT2D eigenvalue weighted by atomic mass is 16.5. The second-order valence-electron chi connectivity index (χ2n) is 8.18. The number of nitrogens with one attached hydrogen (secondary N) is 2. The predicted molar refractivity (Wildman–Crippen MR) is 129 cm³/mol. The number of benzene rings is 1. The Morgan fingerprint density at radius 3 is 2.47 bits per heavy atom. The number of nitrogens with zero attached hydrogens (tertiary/aromatic N) is 2. The zero-order valence-electron chi connectivity index (χ0n) is 19.7. The van der Waals surface area contributed by atoms with Crippen LogP contribution in [0.3, 0.4) is 0 Å². The maximum Gasteiger partial charge on any atom is 0.240 e. The number of hydrogen-bond donors (Lipinski definition) is 2. The van der Waals surface area contributed by atoms with Crippen LogP contribution in [-0.2, 0) is 14.4 Å². The maximum atomic E-state index is 13.2. The number of carbonyl (C=O) groups excluding carboxylic acids is 3. The van der Waals surface area contributed by atoms with Crippen molar-refractivity contribution < 1.29 is 23.9 Å². The first-order valence-electron chi connectivity index (χ1n) is 11.5. The molecule has 9 heteroatoms. The molecule has 0 spiro atoms. The van der Waals surface area contributed by atoms with Crippen molar-refractivity contribution in [2.24, 2.45) is 0 Å². The van der Waals surface area contributed by atoms with Crippen molar-refractivity contribution in [2.45, 2.75) is 51.0 Å². The Kier molecular flexibility index (Phi) is 9.25. The van der Waals surface area contributed by atoms with Gasteiger partial charge in [0.25, 0.3) is 0 Å². The molecular formula is C25H32N4O5. The van der Waals surface area contributed by atoms with Gasteiger partial charge >= 0.3 is 0 Å². The molecule has 2 aromatic rings. The molecule has 1 aromatic carbocycles. The second-order valence-corrected chi connectivity index (χ2v) is 8.18. The van der Waals surface area contributed by atoms with Crippen LogP contribution in [0.2, 0.25) is 0 Å². The average molecular weight is 469 g/mol.